The van der Waals surface area contributed by atoms with Crippen LogP contribution < -0.4 is 5.32 Å². The Balaban J connectivity index is 1.71. The molecule has 0 saturated carbocycles. The number of non-ortho nitro benzene ring substituents is 1. The molecule has 0 radical (unpaired) electrons. The standard InChI is InChI=1S/C25H20N2O4/c28-23-16-19(17-7-3-1-4-8-17)15-22(18-11-13-21(14-12-18)27(30)31)24(23)25(29)26-20-9-5-2-6-10-20/h1-14,16,22,24H,15H2,(H,26,29)/t22-,24-/m0/s1. The lowest BCUT2D eigenvalue weighted by Crippen LogP contribution is -2.36. The first-order valence-corrected chi connectivity index (χ1v) is 9.93. The molecule has 1 aliphatic rings. The number of para-hydroxylation sites is 1. The van der Waals surface area contributed by atoms with Gasteiger partial charge >= 0.3 is 0 Å². The minimum absolute atomic E-state index is 0.0324. The maximum absolute atomic E-state index is 13.1. The van der Waals surface area contributed by atoms with Gasteiger partial charge in [0.2, 0.25) is 5.91 Å². The van der Waals surface area contributed by atoms with Crippen LogP contribution in [-0.4, -0.2) is 16.6 Å². The molecular formula is C25H20N2O4. The third-order valence-corrected chi connectivity index (χ3v) is 5.47. The molecule has 1 N–H and O–H groups in total. The van der Waals surface area contributed by atoms with E-state index in [1.54, 1.807) is 42.5 Å². The molecule has 31 heavy (non-hydrogen) atoms. The van der Waals surface area contributed by atoms with Gasteiger partial charge in [0.1, 0.15) is 5.92 Å². The van der Waals surface area contributed by atoms with Crippen LogP contribution in [0.25, 0.3) is 5.57 Å². The number of benzene rings is 3. The van der Waals surface area contributed by atoms with Crippen molar-refractivity contribution in [3.63, 3.8) is 0 Å². The van der Waals surface area contributed by atoms with Crippen molar-refractivity contribution in [2.45, 2.75) is 12.3 Å². The fraction of sp³-hybridized carbons (Fsp3) is 0.120. The molecule has 6 heteroatoms. The molecule has 154 valence electrons. The van der Waals surface area contributed by atoms with Crippen LogP contribution in [0.5, 0.6) is 0 Å². The Morgan fingerprint density at radius 2 is 1.52 bits per heavy atom. The van der Waals surface area contributed by atoms with Crippen molar-refractivity contribution in [2.24, 2.45) is 5.92 Å². The first-order chi connectivity index (χ1) is 15.0. The first kappa shape index (κ1) is 20.2. The molecular weight excluding hydrogens is 392 g/mol. The number of nitrogens with zero attached hydrogens (tertiary/aromatic N) is 1. The maximum Gasteiger partial charge on any atom is 0.269 e. The van der Waals surface area contributed by atoms with Gasteiger partial charge in [0.05, 0.1) is 4.92 Å². The van der Waals surface area contributed by atoms with E-state index in [2.05, 4.69) is 5.32 Å². The zero-order valence-electron chi connectivity index (χ0n) is 16.6. The van der Waals surface area contributed by atoms with Crippen molar-refractivity contribution < 1.29 is 14.5 Å². The Morgan fingerprint density at radius 3 is 2.13 bits per heavy atom. The maximum atomic E-state index is 13.1. The lowest BCUT2D eigenvalue weighted by atomic mass is 9.73. The van der Waals surface area contributed by atoms with Gasteiger partial charge in [-0.1, -0.05) is 60.7 Å². The fourth-order valence-electron chi connectivity index (χ4n) is 3.93. The number of amides is 1. The normalized spacial score (nSPS) is 18.2. The molecule has 4 rings (SSSR count). The number of nitro benzene ring substituents is 1. The number of hydrogen-bond donors (Lipinski definition) is 1. The van der Waals surface area contributed by atoms with E-state index in [-0.39, 0.29) is 17.4 Å². The van der Waals surface area contributed by atoms with Gasteiger partial charge in [0.15, 0.2) is 5.78 Å². The van der Waals surface area contributed by atoms with E-state index >= 15 is 0 Å². The summed E-state index contributed by atoms with van der Waals surface area (Å²) < 4.78 is 0. The molecule has 0 aliphatic heterocycles. The van der Waals surface area contributed by atoms with Gasteiger partial charge in [-0.2, -0.15) is 0 Å². The fourth-order valence-corrected chi connectivity index (χ4v) is 3.93. The summed E-state index contributed by atoms with van der Waals surface area (Å²) in [6.45, 7) is 0. The van der Waals surface area contributed by atoms with Gasteiger partial charge in [-0.3, -0.25) is 19.7 Å². The predicted octanol–water partition coefficient (Wildman–Crippen LogP) is 4.99. The number of ketones is 1. The van der Waals surface area contributed by atoms with Gasteiger partial charge in [-0.25, -0.2) is 0 Å². The molecule has 0 spiro atoms. The smallest absolute Gasteiger partial charge is 0.269 e. The first-order valence-electron chi connectivity index (χ1n) is 9.93. The Morgan fingerprint density at radius 1 is 0.903 bits per heavy atom. The largest absolute Gasteiger partial charge is 0.325 e. The average molecular weight is 412 g/mol. The molecule has 0 unspecified atom stereocenters. The second-order valence-electron chi connectivity index (χ2n) is 7.43. The molecule has 0 aromatic heterocycles. The highest BCUT2D eigenvalue weighted by molar-refractivity contribution is 6.15. The third kappa shape index (κ3) is 4.43. The molecule has 1 amide bonds. The predicted molar refractivity (Wildman–Crippen MR) is 118 cm³/mol. The number of rotatable bonds is 5. The molecule has 0 heterocycles. The number of nitro groups is 1. The molecule has 0 bridgehead atoms. The van der Waals surface area contributed by atoms with Crippen molar-refractivity contribution in [1.29, 1.82) is 0 Å². The van der Waals surface area contributed by atoms with E-state index in [1.165, 1.54) is 12.1 Å². The summed E-state index contributed by atoms with van der Waals surface area (Å²) in [6, 6.07) is 24.6. The van der Waals surface area contributed by atoms with Crippen molar-refractivity contribution in [1.82, 2.24) is 0 Å². The van der Waals surface area contributed by atoms with Crippen LogP contribution >= 0.6 is 0 Å². The second kappa shape index (κ2) is 8.75. The van der Waals surface area contributed by atoms with Crippen LogP contribution in [0, 0.1) is 16.0 Å². The SMILES string of the molecule is O=C1C=C(c2ccccc2)C[C@@H](c2ccc([N+](=O)[O-])cc2)[C@@H]1C(=O)Nc1ccccc1. The highest BCUT2D eigenvalue weighted by atomic mass is 16.6. The quantitative estimate of drug-likeness (QED) is 0.363. The topological polar surface area (TPSA) is 89.3 Å². The molecule has 1 aliphatic carbocycles. The minimum Gasteiger partial charge on any atom is -0.325 e. The number of carbonyl (C=O) groups excluding carboxylic acids is 2. The monoisotopic (exact) mass is 412 g/mol. The van der Waals surface area contributed by atoms with Crippen LogP contribution in [0.2, 0.25) is 0 Å². The lowest BCUT2D eigenvalue weighted by molar-refractivity contribution is -0.384. The van der Waals surface area contributed by atoms with Crippen LogP contribution in [0.15, 0.2) is 91.0 Å². The van der Waals surface area contributed by atoms with Crippen LogP contribution in [0.1, 0.15) is 23.5 Å². The molecule has 2 atom stereocenters. The van der Waals surface area contributed by atoms with Gasteiger partial charge in [0, 0.05) is 23.7 Å². The van der Waals surface area contributed by atoms with E-state index in [1.807, 2.05) is 36.4 Å². The van der Waals surface area contributed by atoms with Crippen molar-refractivity contribution in [2.75, 3.05) is 5.32 Å². The number of carbonyl (C=O) groups is 2. The van der Waals surface area contributed by atoms with Crippen LogP contribution in [0.4, 0.5) is 11.4 Å². The van der Waals surface area contributed by atoms with E-state index in [4.69, 9.17) is 0 Å². The summed E-state index contributed by atoms with van der Waals surface area (Å²) in [7, 11) is 0. The van der Waals surface area contributed by atoms with Crippen molar-refractivity contribution in [3.8, 4) is 0 Å². The van der Waals surface area contributed by atoms with Crippen molar-refractivity contribution in [3.05, 3.63) is 112 Å². The van der Waals surface area contributed by atoms with Crippen LogP contribution in [-0.2, 0) is 9.59 Å². The Kier molecular flexibility index (Phi) is 5.71. The molecule has 0 fully saturated rings. The van der Waals surface area contributed by atoms with Gasteiger partial charge in [-0.05, 0) is 41.3 Å². The Bertz CT molecular complexity index is 1140. The van der Waals surface area contributed by atoms with Crippen LogP contribution in [0.3, 0.4) is 0 Å². The minimum atomic E-state index is -0.922. The molecule has 0 saturated heterocycles. The molecule has 3 aromatic rings. The van der Waals surface area contributed by atoms with Gasteiger partial charge in [-0.15, -0.1) is 0 Å². The summed E-state index contributed by atoms with van der Waals surface area (Å²) in [6.07, 6.45) is 2.02. The summed E-state index contributed by atoms with van der Waals surface area (Å²) in [5.74, 6) is -2.02. The number of anilines is 1. The van der Waals surface area contributed by atoms with E-state index < -0.39 is 16.8 Å². The Hall–Kier alpha value is -4.06. The third-order valence-electron chi connectivity index (χ3n) is 5.47. The van der Waals surface area contributed by atoms with E-state index in [0.717, 1.165) is 11.1 Å². The number of hydrogen-bond acceptors (Lipinski definition) is 4. The Labute approximate surface area is 179 Å². The summed E-state index contributed by atoms with van der Waals surface area (Å²) in [5.41, 5.74) is 3.06. The second-order valence-corrected chi connectivity index (χ2v) is 7.43. The van der Waals surface area contributed by atoms with E-state index in [9.17, 15) is 19.7 Å². The van der Waals surface area contributed by atoms with E-state index in [0.29, 0.717) is 17.7 Å². The van der Waals surface area contributed by atoms with Gasteiger partial charge in [0.25, 0.3) is 5.69 Å². The number of nitrogens with one attached hydrogen (secondary N) is 1. The van der Waals surface area contributed by atoms with Crippen molar-refractivity contribution >= 4 is 28.6 Å². The van der Waals surface area contributed by atoms with Gasteiger partial charge < -0.3 is 5.32 Å². The average Bonchev–Trinajstić information content (AvgIpc) is 2.79. The highest BCUT2D eigenvalue weighted by Crippen LogP contribution is 2.40. The highest BCUT2D eigenvalue weighted by Gasteiger charge is 2.38. The lowest BCUT2D eigenvalue weighted by Gasteiger charge is -2.30. The zero-order valence-corrected chi connectivity index (χ0v) is 16.6. The summed E-state index contributed by atoms with van der Waals surface area (Å²) >= 11 is 0. The zero-order chi connectivity index (χ0) is 21.8. The molecule has 6 nitrogen and oxygen atoms in total. The number of allylic oxidation sites excluding steroid dienone is 2. The molecule has 3 aromatic carbocycles. The summed E-state index contributed by atoms with van der Waals surface area (Å²) in [4.78, 5) is 36.8. The summed E-state index contributed by atoms with van der Waals surface area (Å²) in [5, 5.41) is 13.9.